The van der Waals surface area contributed by atoms with Crippen molar-refractivity contribution >= 4 is 29.3 Å². The number of thioether (sulfide) groups is 1. The van der Waals surface area contributed by atoms with Crippen LogP contribution in [0.5, 0.6) is 0 Å². The van der Waals surface area contributed by atoms with E-state index in [-0.39, 0.29) is 12.2 Å². The van der Waals surface area contributed by atoms with Crippen LogP contribution in [0.15, 0.2) is 51.7 Å². The normalized spacial score (nSPS) is 11.0. The third-order valence-corrected chi connectivity index (χ3v) is 4.94. The molecule has 2 rings (SSSR count). The van der Waals surface area contributed by atoms with Gasteiger partial charge in [-0.25, -0.2) is 9.37 Å². The van der Waals surface area contributed by atoms with Gasteiger partial charge >= 0.3 is 6.08 Å². The molecule has 1 aromatic carbocycles. The van der Waals surface area contributed by atoms with Gasteiger partial charge in [0.2, 0.25) is 0 Å². The highest BCUT2D eigenvalue weighted by Gasteiger charge is 2.13. The van der Waals surface area contributed by atoms with Gasteiger partial charge in [0.25, 0.3) is 0 Å². The van der Waals surface area contributed by atoms with Gasteiger partial charge in [0.1, 0.15) is 6.61 Å². The Balaban J connectivity index is 2.17. The fraction of sp³-hybridized carbons (Fsp3) is 0.250. The van der Waals surface area contributed by atoms with Crippen molar-refractivity contribution in [3.63, 3.8) is 0 Å². The molecule has 0 aliphatic carbocycles. The summed E-state index contributed by atoms with van der Waals surface area (Å²) < 4.78 is 37.6. The van der Waals surface area contributed by atoms with Gasteiger partial charge in [0.05, 0.1) is 16.8 Å². The first kappa shape index (κ1) is 18.5. The molecule has 0 saturated heterocycles. The lowest BCUT2D eigenvalue weighted by molar-refractivity contribution is 0.160. The molecule has 0 radical (unpaired) electrons. The molecule has 3 nitrogen and oxygen atoms in total. The topological polar surface area (TPSA) is 34.5 Å². The molecule has 1 aromatic heterocycles. The number of allylic oxidation sites excluding steroid dienone is 1. The second kappa shape index (κ2) is 9.48. The number of hydrogen-bond donors (Lipinski definition) is 0. The van der Waals surface area contributed by atoms with Crippen LogP contribution in [0.25, 0.3) is 11.3 Å². The number of oxime groups is 1. The summed E-state index contributed by atoms with van der Waals surface area (Å²) in [5.74, 6) is -1.19. The van der Waals surface area contributed by atoms with E-state index in [4.69, 9.17) is 4.84 Å². The molecule has 0 unspecified atom stereocenters. The Labute approximate surface area is 146 Å². The van der Waals surface area contributed by atoms with Crippen molar-refractivity contribution in [2.24, 2.45) is 5.16 Å². The molecule has 1 heterocycles. The molecular weight excluding hydrogens is 357 g/mol. The summed E-state index contributed by atoms with van der Waals surface area (Å²) in [5.41, 5.74) is 1.65. The van der Waals surface area contributed by atoms with E-state index in [2.05, 4.69) is 10.1 Å². The Morgan fingerprint density at radius 3 is 2.71 bits per heavy atom. The minimum Gasteiger partial charge on any atom is -0.396 e. The van der Waals surface area contributed by atoms with Gasteiger partial charge in [0.15, 0.2) is 10.2 Å². The zero-order valence-corrected chi connectivity index (χ0v) is 14.5. The SMILES string of the molecule is CCON=Cc1sc(SCCC(F)=C(F)F)nc1-c1ccccc1. The molecule has 0 bridgehead atoms. The van der Waals surface area contributed by atoms with E-state index < -0.39 is 11.9 Å². The van der Waals surface area contributed by atoms with Gasteiger partial charge in [-0.3, -0.25) is 0 Å². The lowest BCUT2D eigenvalue weighted by atomic mass is 10.1. The molecular formula is C16H15F3N2OS2. The summed E-state index contributed by atoms with van der Waals surface area (Å²) in [5, 5.41) is 3.86. The Bertz CT molecular complexity index is 713. The standard InChI is InChI=1S/C16H15F3N2OS2/c1-2-22-20-10-13-14(11-6-4-3-5-7-11)21-16(24-13)23-9-8-12(17)15(18)19/h3-7,10H,2,8-9H2,1H3. The summed E-state index contributed by atoms with van der Waals surface area (Å²) in [7, 11) is 0. The van der Waals surface area contributed by atoms with Crippen LogP contribution in [0.3, 0.4) is 0 Å². The van der Waals surface area contributed by atoms with Crippen molar-refractivity contribution in [1.82, 2.24) is 4.98 Å². The molecule has 2 aromatic rings. The zero-order valence-electron chi connectivity index (χ0n) is 12.8. The fourth-order valence-corrected chi connectivity index (χ4v) is 3.79. The maximum Gasteiger partial charge on any atom is 0.301 e. The van der Waals surface area contributed by atoms with E-state index in [1.165, 1.54) is 23.1 Å². The summed E-state index contributed by atoms with van der Waals surface area (Å²) >= 11 is 2.59. The van der Waals surface area contributed by atoms with Crippen LogP contribution >= 0.6 is 23.1 Å². The molecule has 0 amide bonds. The van der Waals surface area contributed by atoms with E-state index >= 15 is 0 Å². The largest absolute Gasteiger partial charge is 0.396 e. The Morgan fingerprint density at radius 2 is 2.04 bits per heavy atom. The molecule has 0 N–H and O–H groups in total. The van der Waals surface area contributed by atoms with Gasteiger partial charge in [-0.1, -0.05) is 47.2 Å². The molecule has 0 fully saturated rings. The number of benzene rings is 1. The summed E-state index contributed by atoms with van der Waals surface area (Å²) in [6.45, 7) is 2.29. The van der Waals surface area contributed by atoms with Gasteiger partial charge in [-0.05, 0) is 6.92 Å². The first-order valence-electron chi connectivity index (χ1n) is 7.15. The highest BCUT2D eigenvalue weighted by molar-refractivity contribution is 8.01. The minimum atomic E-state index is -2.26. The molecule has 8 heteroatoms. The second-order valence-electron chi connectivity index (χ2n) is 4.47. The smallest absolute Gasteiger partial charge is 0.301 e. The first-order chi connectivity index (χ1) is 11.6. The Kier molecular flexibility index (Phi) is 7.33. The Morgan fingerprint density at radius 1 is 1.29 bits per heavy atom. The Hall–Kier alpha value is -1.80. The molecule has 128 valence electrons. The van der Waals surface area contributed by atoms with Crippen molar-refractivity contribution < 1.29 is 18.0 Å². The molecule has 0 saturated carbocycles. The van der Waals surface area contributed by atoms with Crippen LogP contribution in [0.1, 0.15) is 18.2 Å². The van der Waals surface area contributed by atoms with Crippen molar-refractivity contribution in [3.05, 3.63) is 47.1 Å². The lowest BCUT2D eigenvalue weighted by Gasteiger charge is -1.98. The van der Waals surface area contributed by atoms with Gasteiger partial charge in [-0.15, -0.1) is 11.3 Å². The van der Waals surface area contributed by atoms with Crippen LogP contribution in [0.4, 0.5) is 13.2 Å². The van der Waals surface area contributed by atoms with Crippen LogP contribution < -0.4 is 0 Å². The van der Waals surface area contributed by atoms with Crippen LogP contribution in [-0.4, -0.2) is 23.6 Å². The highest BCUT2D eigenvalue weighted by atomic mass is 32.2. The predicted molar refractivity (Wildman–Crippen MR) is 92.5 cm³/mol. The number of aromatic nitrogens is 1. The van der Waals surface area contributed by atoms with E-state index in [9.17, 15) is 13.2 Å². The highest BCUT2D eigenvalue weighted by Crippen LogP contribution is 2.33. The summed E-state index contributed by atoms with van der Waals surface area (Å²) in [6.07, 6.45) is -1.01. The number of hydrogen-bond acceptors (Lipinski definition) is 5. The predicted octanol–water partition coefficient (Wildman–Crippen LogP) is 5.74. The van der Waals surface area contributed by atoms with Crippen molar-refractivity contribution in [2.45, 2.75) is 17.7 Å². The van der Waals surface area contributed by atoms with Crippen LogP contribution in [0.2, 0.25) is 0 Å². The summed E-state index contributed by atoms with van der Waals surface area (Å²) in [6, 6.07) is 9.54. The van der Waals surface area contributed by atoms with E-state index in [1.54, 1.807) is 6.21 Å². The van der Waals surface area contributed by atoms with Crippen molar-refractivity contribution in [1.29, 1.82) is 0 Å². The molecule has 0 atom stereocenters. The van der Waals surface area contributed by atoms with Gasteiger partial charge < -0.3 is 4.84 Å². The molecule has 24 heavy (non-hydrogen) atoms. The average molecular weight is 372 g/mol. The third kappa shape index (κ3) is 5.38. The number of thiazole rings is 1. The second-order valence-corrected chi connectivity index (χ2v) is 6.85. The maximum absolute atomic E-state index is 12.8. The monoisotopic (exact) mass is 372 g/mol. The number of halogens is 3. The van der Waals surface area contributed by atoms with E-state index in [1.807, 2.05) is 37.3 Å². The first-order valence-corrected chi connectivity index (χ1v) is 8.96. The lowest BCUT2D eigenvalue weighted by Crippen LogP contribution is -1.86. The molecule has 0 aliphatic heterocycles. The zero-order chi connectivity index (χ0) is 17.4. The van der Waals surface area contributed by atoms with E-state index in [0.29, 0.717) is 10.9 Å². The van der Waals surface area contributed by atoms with E-state index in [0.717, 1.165) is 16.1 Å². The van der Waals surface area contributed by atoms with Crippen molar-refractivity contribution in [3.8, 4) is 11.3 Å². The van der Waals surface area contributed by atoms with Crippen LogP contribution in [-0.2, 0) is 4.84 Å². The van der Waals surface area contributed by atoms with Crippen molar-refractivity contribution in [2.75, 3.05) is 12.4 Å². The minimum absolute atomic E-state index is 0.187. The van der Waals surface area contributed by atoms with Gasteiger partial charge in [-0.2, -0.15) is 8.78 Å². The van der Waals surface area contributed by atoms with Crippen LogP contribution in [0, 0.1) is 0 Å². The number of nitrogens with zero attached hydrogens (tertiary/aromatic N) is 2. The summed E-state index contributed by atoms with van der Waals surface area (Å²) in [4.78, 5) is 10.3. The third-order valence-electron chi connectivity index (χ3n) is 2.81. The number of rotatable bonds is 8. The quantitative estimate of drug-likeness (QED) is 0.337. The molecule has 0 spiro atoms. The fourth-order valence-electron chi connectivity index (χ4n) is 1.75. The maximum atomic E-state index is 12.8. The average Bonchev–Trinajstić information content (AvgIpc) is 2.99. The molecule has 0 aliphatic rings. The van der Waals surface area contributed by atoms with Gasteiger partial charge in [0, 0.05) is 17.7 Å².